The third-order valence-corrected chi connectivity index (χ3v) is 3.61. The Morgan fingerprint density at radius 2 is 2.00 bits per heavy atom. The second-order valence-electron chi connectivity index (χ2n) is 4.92. The maximum Gasteiger partial charge on any atom is 0.130 e. The summed E-state index contributed by atoms with van der Waals surface area (Å²) in [7, 11) is 0. The summed E-state index contributed by atoms with van der Waals surface area (Å²) in [5.41, 5.74) is 2.71. The second-order valence-corrected chi connectivity index (χ2v) is 4.92. The Morgan fingerprint density at radius 3 is 2.84 bits per heavy atom. The zero-order valence-corrected chi connectivity index (χ0v) is 10.8. The molecule has 1 unspecified atom stereocenters. The molecular formula is C16H18O3. The van der Waals surface area contributed by atoms with E-state index < -0.39 is 0 Å². The molecule has 1 aromatic carbocycles. The van der Waals surface area contributed by atoms with E-state index in [0.717, 1.165) is 18.6 Å². The SMILES string of the molecule is OCc1ccc(COC2CCCc3ccccc32)o1. The molecule has 3 rings (SSSR count). The van der Waals surface area contributed by atoms with Gasteiger partial charge in [0.2, 0.25) is 0 Å². The minimum Gasteiger partial charge on any atom is -0.461 e. The van der Waals surface area contributed by atoms with E-state index in [0.29, 0.717) is 12.4 Å². The van der Waals surface area contributed by atoms with E-state index in [1.165, 1.54) is 17.5 Å². The topological polar surface area (TPSA) is 42.6 Å². The van der Waals surface area contributed by atoms with Gasteiger partial charge in [-0.05, 0) is 42.5 Å². The first-order valence-corrected chi connectivity index (χ1v) is 6.74. The minimum atomic E-state index is -0.0632. The lowest BCUT2D eigenvalue weighted by Crippen LogP contribution is -2.12. The van der Waals surface area contributed by atoms with E-state index in [4.69, 9.17) is 14.3 Å². The van der Waals surface area contributed by atoms with Crippen LogP contribution in [0.25, 0.3) is 0 Å². The van der Waals surface area contributed by atoms with Crippen LogP contribution in [0.1, 0.15) is 41.6 Å². The average molecular weight is 258 g/mol. The number of fused-ring (bicyclic) bond motifs is 1. The van der Waals surface area contributed by atoms with Gasteiger partial charge in [0.05, 0.1) is 6.10 Å². The molecule has 3 heteroatoms. The van der Waals surface area contributed by atoms with Gasteiger partial charge in [0.1, 0.15) is 24.7 Å². The number of benzene rings is 1. The summed E-state index contributed by atoms with van der Waals surface area (Å²) in [6.45, 7) is 0.394. The van der Waals surface area contributed by atoms with Crippen LogP contribution in [-0.2, 0) is 24.4 Å². The molecule has 0 saturated heterocycles. The van der Waals surface area contributed by atoms with Crippen molar-refractivity contribution >= 4 is 0 Å². The third-order valence-electron chi connectivity index (χ3n) is 3.61. The standard InChI is InChI=1S/C16H18O3/c17-10-13-8-9-14(19-13)11-18-16-7-3-5-12-4-1-2-6-15(12)16/h1-2,4,6,8-9,16-17H,3,5,7,10-11H2. The Morgan fingerprint density at radius 1 is 1.16 bits per heavy atom. The molecule has 0 bridgehead atoms. The van der Waals surface area contributed by atoms with Crippen LogP contribution in [0.2, 0.25) is 0 Å². The fourth-order valence-corrected chi connectivity index (χ4v) is 2.65. The summed E-state index contributed by atoms with van der Waals surface area (Å²) in [6.07, 6.45) is 3.53. The van der Waals surface area contributed by atoms with E-state index in [1.807, 2.05) is 6.07 Å². The lowest BCUT2D eigenvalue weighted by atomic mass is 9.89. The van der Waals surface area contributed by atoms with Crippen LogP contribution in [0.5, 0.6) is 0 Å². The summed E-state index contributed by atoms with van der Waals surface area (Å²) in [6, 6.07) is 12.1. The maximum absolute atomic E-state index is 8.96. The van der Waals surface area contributed by atoms with Crippen molar-refractivity contribution in [3.8, 4) is 0 Å². The van der Waals surface area contributed by atoms with Crippen LogP contribution < -0.4 is 0 Å². The van der Waals surface area contributed by atoms with E-state index in [-0.39, 0.29) is 12.7 Å². The molecule has 1 atom stereocenters. The molecule has 0 spiro atoms. The first kappa shape index (κ1) is 12.5. The molecule has 0 saturated carbocycles. The van der Waals surface area contributed by atoms with Crippen molar-refractivity contribution in [2.45, 2.75) is 38.6 Å². The van der Waals surface area contributed by atoms with Crippen molar-refractivity contribution in [3.05, 3.63) is 59.0 Å². The summed E-state index contributed by atoms with van der Waals surface area (Å²) in [5.74, 6) is 1.36. The Hall–Kier alpha value is -1.58. The average Bonchev–Trinajstić information content (AvgIpc) is 2.93. The Balaban J connectivity index is 1.68. The molecule has 19 heavy (non-hydrogen) atoms. The highest BCUT2D eigenvalue weighted by Gasteiger charge is 2.20. The van der Waals surface area contributed by atoms with Crippen molar-refractivity contribution in [2.75, 3.05) is 0 Å². The highest BCUT2D eigenvalue weighted by molar-refractivity contribution is 5.31. The van der Waals surface area contributed by atoms with Gasteiger partial charge in [0.25, 0.3) is 0 Å². The largest absolute Gasteiger partial charge is 0.461 e. The van der Waals surface area contributed by atoms with Crippen molar-refractivity contribution in [1.29, 1.82) is 0 Å². The smallest absolute Gasteiger partial charge is 0.130 e. The molecule has 0 radical (unpaired) electrons. The van der Waals surface area contributed by atoms with Gasteiger partial charge >= 0.3 is 0 Å². The van der Waals surface area contributed by atoms with Gasteiger partial charge in [0.15, 0.2) is 0 Å². The Bertz CT molecular complexity index is 544. The Kier molecular flexibility index (Phi) is 3.67. The summed E-state index contributed by atoms with van der Waals surface area (Å²) in [4.78, 5) is 0. The summed E-state index contributed by atoms with van der Waals surface area (Å²) < 4.78 is 11.4. The summed E-state index contributed by atoms with van der Waals surface area (Å²) >= 11 is 0. The van der Waals surface area contributed by atoms with Gasteiger partial charge in [-0.25, -0.2) is 0 Å². The third kappa shape index (κ3) is 2.72. The van der Waals surface area contributed by atoms with Crippen LogP contribution in [0.4, 0.5) is 0 Å². The molecule has 1 N–H and O–H groups in total. The zero-order valence-electron chi connectivity index (χ0n) is 10.8. The Labute approximate surface area is 112 Å². The first-order valence-electron chi connectivity index (χ1n) is 6.74. The van der Waals surface area contributed by atoms with E-state index >= 15 is 0 Å². The van der Waals surface area contributed by atoms with Crippen LogP contribution >= 0.6 is 0 Å². The van der Waals surface area contributed by atoms with E-state index in [1.54, 1.807) is 6.07 Å². The van der Waals surface area contributed by atoms with Crippen LogP contribution in [0.15, 0.2) is 40.8 Å². The molecule has 1 aromatic heterocycles. The minimum absolute atomic E-state index is 0.0632. The lowest BCUT2D eigenvalue weighted by molar-refractivity contribution is 0.0183. The van der Waals surface area contributed by atoms with Crippen molar-refractivity contribution < 1.29 is 14.3 Å². The van der Waals surface area contributed by atoms with Crippen LogP contribution in [0, 0.1) is 0 Å². The highest BCUT2D eigenvalue weighted by atomic mass is 16.5. The monoisotopic (exact) mass is 258 g/mol. The van der Waals surface area contributed by atoms with Crippen LogP contribution in [-0.4, -0.2) is 5.11 Å². The fraction of sp³-hybridized carbons (Fsp3) is 0.375. The number of rotatable bonds is 4. The van der Waals surface area contributed by atoms with E-state index in [9.17, 15) is 0 Å². The van der Waals surface area contributed by atoms with Crippen LogP contribution in [0.3, 0.4) is 0 Å². The molecule has 3 nitrogen and oxygen atoms in total. The van der Waals surface area contributed by atoms with Gasteiger partial charge in [-0.15, -0.1) is 0 Å². The number of aliphatic hydroxyl groups is 1. The normalized spacial score (nSPS) is 18.3. The van der Waals surface area contributed by atoms with Crippen molar-refractivity contribution in [2.24, 2.45) is 0 Å². The van der Waals surface area contributed by atoms with Gasteiger partial charge in [0, 0.05) is 0 Å². The molecule has 0 amide bonds. The number of hydrogen-bond donors (Lipinski definition) is 1. The molecule has 100 valence electrons. The van der Waals surface area contributed by atoms with E-state index in [2.05, 4.69) is 24.3 Å². The maximum atomic E-state index is 8.96. The predicted octanol–water partition coefficient (Wildman–Crippen LogP) is 3.37. The summed E-state index contributed by atoms with van der Waals surface area (Å²) in [5, 5.41) is 8.96. The lowest BCUT2D eigenvalue weighted by Gasteiger charge is -2.25. The van der Waals surface area contributed by atoms with Gasteiger partial charge in [-0.3, -0.25) is 0 Å². The number of ether oxygens (including phenoxy) is 1. The number of aliphatic hydroxyl groups excluding tert-OH is 1. The van der Waals surface area contributed by atoms with Crippen molar-refractivity contribution in [1.82, 2.24) is 0 Å². The zero-order chi connectivity index (χ0) is 13.1. The molecular weight excluding hydrogens is 240 g/mol. The molecule has 1 aliphatic rings. The number of hydrogen-bond acceptors (Lipinski definition) is 3. The highest BCUT2D eigenvalue weighted by Crippen LogP contribution is 2.33. The first-order chi connectivity index (χ1) is 9.36. The second kappa shape index (κ2) is 5.59. The van der Waals surface area contributed by atoms with Gasteiger partial charge in [-0.1, -0.05) is 24.3 Å². The molecule has 1 aliphatic carbocycles. The quantitative estimate of drug-likeness (QED) is 0.914. The van der Waals surface area contributed by atoms with Gasteiger partial charge in [-0.2, -0.15) is 0 Å². The molecule has 0 aliphatic heterocycles. The fourth-order valence-electron chi connectivity index (χ4n) is 2.65. The number of furan rings is 1. The molecule has 2 aromatic rings. The van der Waals surface area contributed by atoms with Crippen molar-refractivity contribution in [3.63, 3.8) is 0 Å². The number of aryl methyl sites for hydroxylation is 1. The predicted molar refractivity (Wildman–Crippen MR) is 71.5 cm³/mol. The molecule has 0 fully saturated rings. The molecule has 1 heterocycles. The van der Waals surface area contributed by atoms with Gasteiger partial charge < -0.3 is 14.3 Å².